The maximum atomic E-state index is 12.8. The van der Waals surface area contributed by atoms with E-state index in [1.807, 2.05) is 0 Å². The molecule has 0 unspecified atom stereocenters. The number of likely N-dealkylation sites (tertiary alicyclic amines) is 1. The maximum absolute atomic E-state index is 12.8. The van der Waals surface area contributed by atoms with E-state index in [-0.39, 0.29) is 37.0 Å². The minimum absolute atomic E-state index is 0.00506. The first-order chi connectivity index (χ1) is 17.5. The molecule has 0 aliphatic carbocycles. The van der Waals surface area contributed by atoms with Crippen LogP contribution >= 0.6 is 0 Å². The number of amides is 3. The molecular weight excluding hydrogens is 496 g/mol. The third kappa shape index (κ3) is 12.6. The van der Waals surface area contributed by atoms with Gasteiger partial charge in [-0.05, 0) is 68.9 Å². The first-order valence-corrected chi connectivity index (χ1v) is 14.4. The monoisotopic (exact) mass is 538 g/mol. The van der Waals surface area contributed by atoms with E-state index in [0.29, 0.717) is 25.4 Å². The molecule has 11 nitrogen and oxygen atoms in total. The Balaban J connectivity index is 1.86. The van der Waals surface area contributed by atoms with Crippen LogP contribution in [0.25, 0.3) is 0 Å². The van der Waals surface area contributed by atoms with Gasteiger partial charge in [-0.2, -0.15) is 0 Å². The summed E-state index contributed by atoms with van der Waals surface area (Å²) < 4.78 is 22.9. The van der Waals surface area contributed by atoms with Gasteiger partial charge < -0.3 is 20.4 Å². The molecule has 5 N–H and O–H groups in total. The van der Waals surface area contributed by atoms with E-state index in [1.165, 1.54) is 29.9 Å². The number of sulfonamides is 1. The summed E-state index contributed by atoms with van der Waals surface area (Å²) in [4.78, 5) is 41.3. The Labute approximate surface area is 220 Å². The van der Waals surface area contributed by atoms with Gasteiger partial charge in [0, 0.05) is 19.6 Å². The zero-order chi connectivity index (χ0) is 27.3. The predicted molar refractivity (Wildman–Crippen MR) is 142 cm³/mol. The quantitative estimate of drug-likeness (QED) is 0.209. The molecule has 12 heteroatoms. The number of nitrogens with one attached hydrogen (secondary N) is 3. The average molecular weight is 539 g/mol. The third-order valence-electron chi connectivity index (χ3n) is 6.15. The number of carbonyl (C=O) groups excluding carboxylic acids is 3. The van der Waals surface area contributed by atoms with Gasteiger partial charge in [-0.25, -0.2) is 13.6 Å². The van der Waals surface area contributed by atoms with Crippen molar-refractivity contribution in [3.05, 3.63) is 29.8 Å². The van der Waals surface area contributed by atoms with Gasteiger partial charge in [0.25, 0.3) is 0 Å². The summed E-state index contributed by atoms with van der Waals surface area (Å²) in [7, 11) is -3.79. The fraction of sp³-hybridized carbons (Fsp3) is 0.640. The van der Waals surface area contributed by atoms with Gasteiger partial charge in [0.1, 0.15) is 0 Å². The smallest absolute Gasteiger partial charge is 0.246 e. The number of primary sulfonamides is 1. The van der Waals surface area contributed by atoms with Gasteiger partial charge in [0.15, 0.2) is 0 Å². The van der Waals surface area contributed by atoms with Crippen molar-refractivity contribution in [2.75, 3.05) is 58.9 Å². The van der Waals surface area contributed by atoms with Gasteiger partial charge in [-0.1, -0.05) is 26.0 Å². The Hall–Kier alpha value is -2.38. The van der Waals surface area contributed by atoms with Crippen molar-refractivity contribution < 1.29 is 22.8 Å². The van der Waals surface area contributed by atoms with Crippen LogP contribution in [-0.2, 0) is 30.8 Å². The molecule has 2 rings (SSSR count). The van der Waals surface area contributed by atoms with Crippen LogP contribution in [-0.4, -0.2) is 94.8 Å². The Bertz CT molecular complexity index is 978. The van der Waals surface area contributed by atoms with Crippen LogP contribution in [0.15, 0.2) is 29.2 Å². The molecule has 1 aromatic rings. The van der Waals surface area contributed by atoms with E-state index < -0.39 is 21.8 Å². The molecule has 1 fully saturated rings. The lowest BCUT2D eigenvalue weighted by Crippen LogP contribution is -2.48. The number of hydrogen-bond acceptors (Lipinski definition) is 8. The van der Waals surface area contributed by atoms with Crippen LogP contribution in [0.1, 0.15) is 38.7 Å². The lowest BCUT2D eigenvalue weighted by Gasteiger charge is -2.23. The Morgan fingerprint density at radius 1 is 1.00 bits per heavy atom. The second-order valence-electron chi connectivity index (χ2n) is 9.81. The number of carbonyl (C=O) groups is 3. The van der Waals surface area contributed by atoms with Gasteiger partial charge >= 0.3 is 0 Å². The summed E-state index contributed by atoms with van der Waals surface area (Å²) in [5.74, 6) is -0.741. The molecule has 1 heterocycles. The van der Waals surface area contributed by atoms with Crippen LogP contribution < -0.4 is 21.1 Å². The van der Waals surface area contributed by atoms with Crippen LogP contribution in [0.5, 0.6) is 0 Å². The van der Waals surface area contributed by atoms with Crippen molar-refractivity contribution in [1.82, 2.24) is 25.8 Å². The van der Waals surface area contributed by atoms with Gasteiger partial charge in [-0.15, -0.1) is 0 Å². The topological polar surface area (TPSA) is 154 Å². The second kappa shape index (κ2) is 15.8. The summed E-state index contributed by atoms with van der Waals surface area (Å²) >= 11 is 0. The van der Waals surface area contributed by atoms with Gasteiger partial charge in [0.05, 0.1) is 24.5 Å². The van der Waals surface area contributed by atoms with Crippen LogP contribution in [0.2, 0.25) is 0 Å². The molecule has 0 atom stereocenters. The fourth-order valence-electron chi connectivity index (χ4n) is 3.96. The first-order valence-electron chi connectivity index (χ1n) is 12.9. The fourth-order valence-corrected chi connectivity index (χ4v) is 4.47. The summed E-state index contributed by atoms with van der Waals surface area (Å²) in [6, 6.07) is 6.07. The highest BCUT2D eigenvalue weighted by Crippen LogP contribution is 2.10. The number of imide groups is 1. The molecule has 37 heavy (non-hydrogen) atoms. The number of hydrogen-bond donors (Lipinski definition) is 4. The predicted octanol–water partition coefficient (Wildman–Crippen LogP) is -0.331. The van der Waals surface area contributed by atoms with Crippen molar-refractivity contribution >= 4 is 27.7 Å². The summed E-state index contributed by atoms with van der Waals surface area (Å²) in [6.07, 6.45) is 3.74. The Kier molecular flexibility index (Phi) is 13.1. The van der Waals surface area contributed by atoms with E-state index in [9.17, 15) is 22.8 Å². The molecule has 1 aliphatic heterocycles. The van der Waals surface area contributed by atoms with Crippen molar-refractivity contribution in [2.45, 2.75) is 44.4 Å². The summed E-state index contributed by atoms with van der Waals surface area (Å²) in [5, 5.41) is 13.6. The van der Waals surface area contributed by atoms with Gasteiger partial charge in [-0.3, -0.25) is 19.7 Å². The van der Waals surface area contributed by atoms with E-state index in [0.717, 1.165) is 31.6 Å². The number of nitrogens with zero attached hydrogens (tertiary/aromatic N) is 2. The molecule has 0 saturated carbocycles. The molecule has 0 radical (unpaired) electrons. The number of benzene rings is 1. The van der Waals surface area contributed by atoms with Gasteiger partial charge in [0.2, 0.25) is 27.7 Å². The van der Waals surface area contributed by atoms with Crippen molar-refractivity contribution in [1.29, 1.82) is 0 Å². The lowest BCUT2D eigenvalue weighted by molar-refractivity contribution is -0.137. The molecular formula is C25H42N6O5S. The first kappa shape index (κ1) is 30.8. The standard InChI is InChI=1S/C25H42N6O5S/c1-20(2)9-11-27-18-25(34)31(15-10-21-5-7-22(8-6-21)37(26,35)36)19-24(33)29-23(32)17-28-12-16-30-13-3-4-14-30/h5-8,20,27-28H,3-4,9-19H2,1-2H3,(H2,26,35,36)(H,29,32,33). The SMILES string of the molecule is CC(C)CCNCC(=O)N(CCc1ccc(S(N)(=O)=O)cc1)CC(=O)NC(=O)CNCCN1CCCC1. The lowest BCUT2D eigenvalue weighted by atomic mass is 10.1. The van der Waals surface area contributed by atoms with E-state index >= 15 is 0 Å². The second-order valence-corrected chi connectivity index (χ2v) is 11.4. The van der Waals surface area contributed by atoms with Crippen LogP contribution in [0.3, 0.4) is 0 Å². The molecule has 0 bridgehead atoms. The maximum Gasteiger partial charge on any atom is 0.246 e. The van der Waals surface area contributed by atoms with E-state index in [4.69, 9.17) is 5.14 Å². The molecule has 0 aromatic heterocycles. The Morgan fingerprint density at radius 2 is 1.65 bits per heavy atom. The van der Waals surface area contributed by atoms with Crippen LogP contribution in [0.4, 0.5) is 0 Å². The minimum atomic E-state index is -3.79. The average Bonchev–Trinajstić information content (AvgIpc) is 3.35. The normalized spacial score (nSPS) is 14.2. The molecule has 1 saturated heterocycles. The summed E-state index contributed by atoms with van der Waals surface area (Å²) in [5.41, 5.74) is 0.789. The molecule has 1 aliphatic rings. The number of rotatable bonds is 16. The molecule has 0 spiro atoms. The molecule has 208 valence electrons. The number of nitrogens with two attached hydrogens (primary N) is 1. The van der Waals surface area contributed by atoms with E-state index in [1.54, 1.807) is 12.1 Å². The van der Waals surface area contributed by atoms with E-state index in [2.05, 4.69) is 34.7 Å². The van der Waals surface area contributed by atoms with Crippen molar-refractivity contribution in [3.63, 3.8) is 0 Å². The highest BCUT2D eigenvalue weighted by atomic mass is 32.2. The zero-order valence-electron chi connectivity index (χ0n) is 22.0. The Morgan fingerprint density at radius 3 is 2.27 bits per heavy atom. The molecule has 3 amide bonds. The largest absolute Gasteiger partial charge is 0.332 e. The third-order valence-corrected chi connectivity index (χ3v) is 7.08. The minimum Gasteiger partial charge on any atom is -0.332 e. The van der Waals surface area contributed by atoms with Crippen LogP contribution in [0, 0.1) is 5.92 Å². The van der Waals surface area contributed by atoms with Crippen molar-refractivity contribution in [3.8, 4) is 0 Å². The molecule has 1 aromatic carbocycles. The highest BCUT2D eigenvalue weighted by Gasteiger charge is 2.19. The highest BCUT2D eigenvalue weighted by molar-refractivity contribution is 7.89. The zero-order valence-corrected chi connectivity index (χ0v) is 22.8. The van der Waals surface area contributed by atoms with Crippen molar-refractivity contribution in [2.24, 2.45) is 11.1 Å². The summed E-state index contributed by atoms with van der Waals surface area (Å²) in [6.45, 7) is 8.66.